The van der Waals surface area contributed by atoms with Gasteiger partial charge in [-0.15, -0.1) is 0 Å². The molecule has 3 rings (SSSR count). The molecule has 0 spiro atoms. The number of phenols is 1. The molecule has 2 N–H and O–H groups in total. The number of anilines is 1. The van der Waals surface area contributed by atoms with E-state index in [2.05, 4.69) is 5.32 Å². The van der Waals surface area contributed by atoms with E-state index in [1.165, 1.54) is 19.3 Å². The van der Waals surface area contributed by atoms with E-state index in [4.69, 9.17) is 4.74 Å². The van der Waals surface area contributed by atoms with Crippen molar-refractivity contribution in [2.45, 2.75) is 13.3 Å². The zero-order valence-electron chi connectivity index (χ0n) is 16.0. The van der Waals surface area contributed by atoms with Crippen LogP contribution in [0.4, 0.5) is 10.5 Å². The quantitative estimate of drug-likeness (QED) is 0.704. The van der Waals surface area contributed by atoms with Crippen LogP contribution in [-0.4, -0.2) is 40.7 Å². The van der Waals surface area contributed by atoms with E-state index >= 15 is 0 Å². The topological polar surface area (TPSA) is 95.9 Å². The summed E-state index contributed by atoms with van der Waals surface area (Å²) in [6, 6.07) is 12.0. The third-order valence-corrected chi connectivity index (χ3v) is 5.23. The number of rotatable bonds is 6. The summed E-state index contributed by atoms with van der Waals surface area (Å²) in [6.45, 7) is 1.67. The number of phenolic OH excluding ortho intramolecular Hbond substituents is 1. The van der Waals surface area contributed by atoms with Crippen molar-refractivity contribution in [2.75, 3.05) is 19.0 Å². The molecule has 0 unspecified atom stereocenters. The monoisotopic (exact) mass is 412 g/mol. The molecule has 1 saturated heterocycles. The fraction of sp³-hybridized carbons (Fsp3) is 0.190. The fourth-order valence-electron chi connectivity index (χ4n) is 2.74. The summed E-state index contributed by atoms with van der Waals surface area (Å²) in [5.41, 5.74) is 2.33. The highest BCUT2D eigenvalue weighted by Gasteiger charge is 2.36. The van der Waals surface area contributed by atoms with Crippen molar-refractivity contribution in [3.8, 4) is 11.5 Å². The van der Waals surface area contributed by atoms with Crippen molar-refractivity contribution >= 4 is 40.6 Å². The lowest BCUT2D eigenvalue weighted by atomic mass is 10.1. The number of thioether (sulfide) groups is 1. The molecule has 2 aromatic rings. The van der Waals surface area contributed by atoms with Gasteiger partial charge in [-0.05, 0) is 59.7 Å². The molecule has 1 aliphatic rings. The number of aryl methyl sites for hydroxylation is 1. The second kappa shape index (κ2) is 8.83. The average molecular weight is 412 g/mol. The number of methoxy groups -OCH3 is 1. The van der Waals surface area contributed by atoms with Crippen molar-refractivity contribution in [2.24, 2.45) is 0 Å². The van der Waals surface area contributed by atoms with Gasteiger partial charge in [0.1, 0.15) is 6.54 Å². The molecular formula is C21H20N2O5S. The minimum absolute atomic E-state index is 0.0265. The molecule has 150 valence electrons. The van der Waals surface area contributed by atoms with Crippen LogP contribution < -0.4 is 10.1 Å². The largest absolute Gasteiger partial charge is 0.504 e. The first-order valence-corrected chi connectivity index (χ1v) is 9.74. The van der Waals surface area contributed by atoms with Gasteiger partial charge in [0, 0.05) is 5.69 Å². The van der Waals surface area contributed by atoms with Crippen molar-refractivity contribution < 1.29 is 24.2 Å². The molecule has 0 atom stereocenters. The highest BCUT2D eigenvalue weighted by Crippen LogP contribution is 2.34. The molecular weight excluding hydrogens is 392 g/mol. The van der Waals surface area contributed by atoms with Gasteiger partial charge < -0.3 is 15.2 Å². The fourth-order valence-corrected chi connectivity index (χ4v) is 3.58. The van der Waals surface area contributed by atoms with Crippen molar-refractivity contribution in [3.63, 3.8) is 0 Å². The van der Waals surface area contributed by atoms with Gasteiger partial charge in [-0.2, -0.15) is 0 Å². The first-order chi connectivity index (χ1) is 13.9. The van der Waals surface area contributed by atoms with Crippen LogP contribution in [0.25, 0.3) is 6.08 Å². The maximum atomic E-state index is 12.6. The number of carbonyl (C=O) groups is 3. The van der Waals surface area contributed by atoms with E-state index in [0.717, 1.165) is 28.6 Å². The van der Waals surface area contributed by atoms with Crippen LogP contribution in [0, 0.1) is 0 Å². The number of hydrogen-bond acceptors (Lipinski definition) is 6. The summed E-state index contributed by atoms with van der Waals surface area (Å²) in [7, 11) is 1.42. The molecule has 3 amide bonds. The van der Waals surface area contributed by atoms with Crippen LogP contribution in [0.2, 0.25) is 0 Å². The highest BCUT2D eigenvalue weighted by molar-refractivity contribution is 8.18. The molecule has 0 saturated carbocycles. The second-order valence-corrected chi connectivity index (χ2v) is 7.29. The number of benzene rings is 2. The molecule has 8 heteroatoms. The zero-order chi connectivity index (χ0) is 21.0. The number of hydrogen-bond donors (Lipinski definition) is 2. The van der Waals surface area contributed by atoms with E-state index in [-0.39, 0.29) is 22.9 Å². The molecule has 2 aromatic carbocycles. The normalized spacial score (nSPS) is 15.1. The smallest absolute Gasteiger partial charge is 0.294 e. The molecule has 0 radical (unpaired) electrons. The van der Waals surface area contributed by atoms with E-state index < -0.39 is 17.1 Å². The lowest BCUT2D eigenvalue weighted by Crippen LogP contribution is -2.36. The minimum atomic E-state index is -0.538. The van der Waals surface area contributed by atoms with Gasteiger partial charge >= 0.3 is 0 Å². The highest BCUT2D eigenvalue weighted by atomic mass is 32.2. The predicted molar refractivity (Wildman–Crippen MR) is 112 cm³/mol. The Balaban J connectivity index is 1.69. The van der Waals surface area contributed by atoms with Crippen molar-refractivity contribution in [1.82, 2.24) is 4.90 Å². The van der Waals surface area contributed by atoms with Crippen LogP contribution in [0.1, 0.15) is 18.1 Å². The average Bonchev–Trinajstić information content (AvgIpc) is 2.97. The van der Waals surface area contributed by atoms with Gasteiger partial charge in [-0.25, -0.2) is 0 Å². The Kier molecular flexibility index (Phi) is 6.23. The molecule has 0 aromatic heterocycles. The van der Waals surface area contributed by atoms with E-state index in [0.29, 0.717) is 11.3 Å². The summed E-state index contributed by atoms with van der Waals surface area (Å²) in [5.74, 6) is -0.763. The summed E-state index contributed by atoms with van der Waals surface area (Å²) in [4.78, 5) is 38.2. The zero-order valence-corrected chi connectivity index (χ0v) is 16.8. The van der Waals surface area contributed by atoms with E-state index in [1.807, 2.05) is 19.1 Å². The van der Waals surface area contributed by atoms with Gasteiger partial charge in [0.2, 0.25) is 5.91 Å². The maximum Gasteiger partial charge on any atom is 0.294 e. The number of carbonyl (C=O) groups excluding carboxylic acids is 3. The van der Waals surface area contributed by atoms with Crippen LogP contribution >= 0.6 is 11.8 Å². The van der Waals surface area contributed by atoms with E-state index in [1.54, 1.807) is 24.3 Å². The molecule has 7 nitrogen and oxygen atoms in total. The van der Waals surface area contributed by atoms with Crippen LogP contribution in [0.3, 0.4) is 0 Å². The first kappa shape index (κ1) is 20.5. The Morgan fingerprint density at radius 3 is 2.59 bits per heavy atom. The number of amides is 3. The van der Waals surface area contributed by atoms with Gasteiger partial charge in [-0.3, -0.25) is 19.3 Å². The minimum Gasteiger partial charge on any atom is -0.504 e. The Hall–Kier alpha value is -3.26. The Bertz CT molecular complexity index is 985. The standard InChI is InChI=1S/C21H20N2O5S/c1-3-13-4-7-15(8-5-13)22-19(25)12-23-20(26)18(29-21(23)27)11-14-6-9-16(24)17(10-14)28-2/h4-11,24H,3,12H2,1-2H3,(H,22,25)/b18-11+. The van der Waals surface area contributed by atoms with Crippen molar-refractivity contribution in [3.05, 3.63) is 58.5 Å². The Morgan fingerprint density at radius 2 is 1.93 bits per heavy atom. The Morgan fingerprint density at radius 1 is 1.21 bits per heavy atom. The number of nitrogens with zero attached hydrogens (tertiary/aromatic N) is 1. The number of imide groups is 1. The molecule has 1 aliphatic heterocycles. The molecule has 29 heavy (non-hydrogen) atoms. The maximum absolute atomic E-state index is 12.6. The summed E-state index contributed by atoms with van der Waals surface area (Å²) in [5, 5.41) is 11.8. The van der Waals surface area contributed by atoms with Gasteiger partial charge in [0.25, 0.3) is 11.1 Å². The van der Waals surface area contributed by atoms with Crippen LogP contribution in [0.15, 0.2) is 47.4 Å². The second-order valence-electron chi connectivity index (χ2n) is 6.30. The lowest BCUT2D eigenvalue weighted by Gasteiger charge is -2.12. The van der Waals surface area contributed by atoms with Gasteiger partial charge in [0.05, 0.1) is 12.0 Å². The van der Waals surface area contributed by atoms with Gasteiger partial charge in [-0.1, -0.05) is 25.1 Å². The predicted octanol–water partition coefficient (Wildman–Crippen LogP) is 3.64. The number of nitrogens with one attached hydrogen (secondary N) is 1. The third kappa shape index (κ3) is 4.78. The lowest BCUT2D eigenvalue weighted by molar-refractivity contribution is -0.127. The van der Waals surface area contributed by atoms with Crippen molar-refractivity contribution in [1.29, 1.82) is 0 Å². The first-order valence-electron chi connectivity index (χ1n) is 8.92. The summed E-state index contributed by atoms with van der Waals surface area (Å²) < 4.78 is 5.04. The SMILES string of the molecule is CCc1ccc(NC(=O)CN2C(=O)S/C(=C/c3ccc(O)c(OC)c3)C2=O)cc1. The molecule has 1 fully saturated rings. The number of ether oxygens (including phenoxy) is 1. The summed E-state index contributed by atoms with van der Waals surface area (Å²) >= 11 is 0.763. The Labute approximate surface area is 172 Å². The third-order valence-electron chi connectivity index (χ3n) is 4.32. The van der Waals surface area contributed by atoms with Gasteiger partial charge in [0.15, 0.2) is 11.5 Å². The van der Waals surface area contributed by atoms with Crippen LogP contribution in [0.5, 0.6) is 11.5 Å². The molecule has 0 bridgehead atoms. The molecule has 1 heterocycles. The summed E-state index contributed by atoms with van der Waals surface area (Å²) in [6.07, 6.45) is 2.42. The molecule has 0 aliphatic carbocycles. The van der Waals surface area contributed by atoms with E-state index in [9.17, 15) is 19.5 Å². The van der Waals surface area contributed by atoms with Crippen LogP contribution in [-0.2, 0) is 16.0 Å². The number of aromatic hydroxyl groups is 1.